The Labute approximate surface area is 85.2 Å². The second kappa shape index (κ2) is 3.92. The molecule has 0 aromatic heterocycles. The first-order chi connectivity index (χ1) is 6.75. The summed E-state index contributed by atoms with van der Waals surface area (Å²) in [5, 5.41) is -0.125. The maximum atomic E-state index is 12.6. The van der Waals surface area contributed by atoms with Gasteiger partial charge < -0.3 is 0 Å². The van der Waals surface area contributed by atoms with E-state index in [0.717, 1.165) is 5.56 Å². The summed E-state index contributed by atoms with van der Waals surface area (Å²) in [6, 6.07) is 6.20. The Hall–Kier alpha value is -1.16. The molecule has 0 N–H and O–H groups in total. The van der Waals surface area contributed by atoms with Gasteiger partial charge in [-0.3, -0.25) is 4.79 Å². The first-order valence-corrected chi connectivity index (χ1v) is 5.16. The van der Waals surface area contributed by atoms with Crippen LogP contribution in [-0.2, 0) is 11.2 Å². The molecule has 1 aliphatic heterocycles. The van der Waals surface area contributed by atoms with E-state index in [-0.39, 0.29) is 17.0 Å². The van der Waals surface area contributed by atoms with Gasteiger partial charge in [-0.05, 0) is 24.1 Å². The average Bonchev–Trinajstić information content (AvgIpc) is 2.56. The first-order valence-electron chi connectivity index (χ1n) is 4.22. The molecular formula is C10H8FNOS. The van der Waals surface area contributed by atoms with Gasteiger partial charge in [-0.1, -0.05) is 12.1 Å². The third-order valence-corrected chi connectivity index (χ3v) is 2.94. The molecule has 1 unspecified atom stereocenters. The van der Waals surface area contributed by atoms with Gasteiger partial charge in [-0.15, -0.1) is 11.8 Å². The Morgan fingerprint density at radius 3 is 2.64 bits per heavy atom. The van der Waals surface area contributed by atoms with Crippen molar-refractivity contribution in [1.29, 1.82) is 0 Å². The van der Waals surface area contributed by atoms with Gasteiger partial charge in [-0.2, -0.15) is 0 Å². The molecule has 1 aromatic carbocycles. The smallest absolute Gasteiger partial charge is 0.259 e. The molecule has 0 fully saturated rings. The predicted molar refractivity (Wildman–Crippen MR) is 55.0 cm³/mol. The summed E-state index contributed by atoms with van der Waals surface area (Å²) >= 11 is 1.41. The highest BCUT2D eigenvalue weighted by atomic mass is 32.2. The van der Waals surface area contributed by atoms with Crippen molar-refractivity contribution in [2.24, 2.45) is 4.99 Å². The second-order valence-corrected chi connectivity index (χ2v) is 4.08. The standard InChI is InChI=1S/C10H8FNOS/c11-8-3-1-7(2-4-8)5-9-10(13)12-6-14-9/h1-4,6,9H,5H2. The number of carbonyl (C=O) groups excluding carboxylic acids is 1. The number of hydrogen-bond acceptors (Lipinski definition) is 2. The Morgan fingerprint density at radius 1 is 1.36 bits per heavy atom. The molecule has 0 aliphatic carbocycles. The summed E-state index contributed by atoms with van der Waals surface area (Å²) in [5.41, 5.74) is 2.53. The van der Waals surface area contributed by atoms with Crippen LogP contribution in [0.1, 0.15) is 5.56 Å². The summed E-state index contributed by atoms with van der Waals surface area (Å²) < 4.78 is 12.6. The van der Waals surface area contributed by atoms with Crippen molar-refractivity contribution in [1.82, 2.24) is 0 Å². The summed E-state index contributed by atoms with van der Waals surface area (Å²) in [4.78, 5) is 14.8. The fraction of sp³-hybridized carbons (Fsp3) is 0.200. The Morgan fingerprint density at radius 2 is 2.07 bits per heavy atom. The number of halogens is 1. The Balaban J connectivity index is 2.04. The van der Waals surface area contributed by atoms with Crippen molar-refractivity contribution in [2.45, 2.75) is 11.7 Å². The molecule has 2 nitrogen and oxygen atoms in total. The van der Waals surface area contributed by atoms with E-state index in [1.54, 1.807) is 17.7 Å². The lowest BCUT2D eigenvalue weighted by Crippen LogP contribution is -2.13. The highest BCUT2D eigenvalue weighted by Crippen LogP contribution is 2.20. The number of rotatable bonds is 2. The van der Waals surface area contributed by atoms with Gasteiger partial charge in [0.1, 0.15) is 5.82 Å². The molecule has 0 saturated carbocycles. The Bertz CT molecular complexity index is 374. The fourth-order valence-corrected chi connectivity index (χ4v) is 2.04. The molecule has 14 heavy (non-hydrogen) atoms. The molecule has 2 rings (SSSR count). The highest BCUT2D eigenvalue weighted by molar-refractivity contribution is 8.13. The normalized spacial score (nSPS) is 20.4. The monoisotopic (exact) mass is 209 g/mol. The van der Waals surface area contributed by atoms with Crippen LogP contribution >= 0.6 is 11.8 Å². The SMILES string of the molecule is O=C1N=CSC1Cc1ccc(F)cc1. The number of aliphatic imine (C=N–C) groups is 1. The molecule has 1 aliphatic rings. The molecular weight excluding hydrogens is 201 g/mol. The molecule has 1 amide bonds. The zero-order valence-corrected chi connectivity index (χ0v) is 8.13. The van der Waals surface area contributed by atoms with E-state index in [0.29, 0.717) is 6.42 Å². The zero-order valence-electron chi connectivity index (χ0n) is 7.31. The van der Waals surface area contributed by atoms with Crippen LogP contribution in [0.15, 0.2) is 29.3 Å². The van der Waals surface area contributed by atoms with Crippen molar-refractivity contribution >= 4 is 23.2 Å². The van der Waals surface area contributed by atoms with E-state index in [2.05, 4.69) is 4.99 Å². The van der Waals surface area contributed by atoms with Crippen molar-refractivity contribution in [2.75, 3.05) is 0 Å². The molecule has 0 saturated heterocycles. The van der Waals surface area contributed by atoms with Crippen LogP contribution in [0, 0.1) is 5.82 Å². The third kappa shape index (κ3) is 2.01. The van der Waals surface area contributed by atoms with Crippen LogP contribution in [0.5, 0.6) is 0 Å². The van der Waals surface area contributed by atoms with E-state index in [1.165, 1.54) is 23.9 Å². The van der Waals surface area contributed by atoms with E-state index >= 15 is 0 Å². The second-order valence-electron chi connectivity index (χ2n) is 3.03. The molecule has 72 valence electrons. The lowest BCUT2D eigenvalue weighted by atomic mass is 10.1. The van der Waals surface area contributed by atoms with E-state index in [1.807, 2.05) is 0 Å². The molecule has 1 aromatic rings. The number of hydrogen-bond donors (Lipinski definition) is 0. The summed E-state index contributed by atoms with van der Waals surface area (Å²) in [6.07, 6.45) is 0.615. The van der Waals surface area contributed by atoms with Crippen LogP contribution in [-0.4, -0.2) is 16.7 Å². The van der Waals surface area contributed by atoms with Crippen LogP contribution in [0.3, 0.4) is 0 Å². The first kappa shape index (κ1) is 9.40. The van der Waals surface area contributed by atoms with Gasteiger partial charge in [0.05, 0.1) is 10.8 Å². The maximum Gasteiger partial charge on any atom is 0.259 e. The Kier molecular flexibility index (Phi) is 2.63. The topological polar surface area (TPSA) is 29.4 Å². The molecule has 0 spiro atoms. The molecule has 0 radical (unpaired) electrons. The fourth-order valence-electron chi connectivity index (χ4n) is 1.27. The zero-order chi connectivity index (χ0) is 9.97. The van der Waals surface area contributed by atoms with Gasteiger partial charge >= 0.3 is 0 Å². The van der Waals surface area contributed by atoms with Crippen LogP contribution in [0.25, 0.3) is 0 Å². The van der Waals surface area contributed by atoms with Crippen LogP contribution in [0.2, 0.25) is 0 Å². The summed E-state index contributed by atoms with van der Waals surface area (Å²) in [6.45, 7) is 0. The average molecular weight is 209 g/mol. The largest absolute Gasteiger partial charge is 0.271 e. The quantitative estimate of drug-likeness (QED) is 0.746. The van der Waals surface area contributed by atoms with Crippen LogP contribution in [0.4, 0.5) is 4.39 Å². The molecule has 1 heterocycles. The van der Waals surface area contributed by atoms with Gasteiger partial charge in [0.15, 0.2) is 0 Å². The number of carbonyl (C=O) groups is 1. The highest BCUT2D eigenvalue weighted by Gasteiger charge is 2.22. The lowest BCUT2D eigenvalue weighted by molar-refractivity contribution is -0.117. The lowest BCUT2D eigenvalue weighted by Gasteiger charge is -2.05. The number of benzene rings is 1. The van der Waals surface area contributed by atoms with Crippen molar-refractivity contribution in [3.63, 3.8) is 0 Å². The molecule has 4 heteroatoms. The van der Waals surface area contributed by atoms with Crippen molar-refractivity contribution < 1.29 is 9.18 Å². The van der Waals surface area contributed by atoms with E-state index < -0.39 is 0 Å². The predicted octanol–water partition coefficient (Wildman–Crippen LogP) is 2.04. The minimum Gasteiger partial charge on any atom is -0.271 e. The summed E-state index contributed by atoms with van der Waals surface area (Å²) in [5.74, 6) is -0.352. The molecule has 0 bridgehead atoms. The minimum atomic E-state index is -0.254. The van der Waals surface area contributed by atoms with Gasteiger partial charge in [0.2, 0.25) is 0 Å². The van der Waals surface area contributed by atoms with Crippen LogP contribution < -0.4 is 0 Å². The number of amides is 1. The number of nitrogens with zero attached hydrogens (tertiary/aromatic N) is 1. The van der Waals surface area contributed by atoms with Crippen molar-refractivity contribution in [3.05, 3.63) is 35.6 Å². The van der Waals surface area contributed by atoms with Gasteiger partial charge in [-0.25, -0.2) is 9.38 Å². The minimum absolute atomic E-state index is 0.0978. The summed E-state index contributed by atoms with van der Waals surface area (Å²) in [7, 11) is 0. The number of thioether (sulfide) groups is 1. The van der Waals surface area contributed by atoms with Gasteiger partial charge in [0.25, 0.3) is 5.91 Å². The van der Waals surface area contributed by atoms with E-state index in [9.17, 15) is 9.18 Å². The third-order valence-electron chi connectivity index (χ3n) is 2.01. The van der Waals surface area contributed by atoms with Gasteiger partial charge in [0, 0.05) is 0 Å². The maximum absolute atomic E-state index is 12.6. The van der Waals surface area contributed by atoms with E-state index in [4.69, 9.17) is 0 Å². The molecule has 1 atom stereocenters. The van der Waals surface area contributed by atoms with Crippen molar-refractivity contribution in [3.8, 4) is 0 Å².